The molecule has 3 aliphatic rings. The van der Waals surface area contributed by atoms with Crippen LogP contribution in [0.3, 0.4) is 0 Å². The SMILES string of the molecule is C[C@@H](C(=O)N1CCOC(CN2CCCC2)C1)N1CC[C@H](NS(=O)(=O)c2ccc3cc(Cl)ccc3c2)C1=O. The maximum atomic E-state index is 13.3. The fraction of sp³-hybridized carbons (Fsp3) is 0.538. The molecule has 0 aromatic heterocycles. The molecule has 2 aromatic rings. The van der Waals surface area contributed by atoms with Crippen molar-refractivity contribution in [2.75, 3.05) is 45.9 Å². The van der Waals surface area contributed by atoms with Gasteiger partial charge in [-0.05, 0) is 74.3 Å². The molecule has 2 amide bonds. The molecule has 0 aliphatic carbocycles. The van der Waals surface area contributed by atoms with E-state index in [0.29, 0.717) is 37.7 Å². The quantitative estimate of drug-likeness (QED) is 0.569. The summed E-state index contributed by atoms with van der Waals surface area (Å²) in [6.45, 7) is 6.45. The molecular weight excluding hydrogens is 516 g/mol. The zero-order valence-corrected chi connectivity index (χ0v) is 22.5. The first-order chi connectivity index (χ1) is 17.7. The van der Waals surface area contributed by atoms with Gasteiger partial charge in [0.1, 0.15) is 12.1 Å². The van der Waals surface area contributed by atoms with Crippen LogP contribution in [0.15, 0.2) is 41.3 Å². The van der Waals surface area contributed by atoms with Gasteiger partial charge in [0, 0.05) is 31.2 Å². The molecule has 1 unspecified atom stereocenters. The van der Waals surface area contributed by atoms with Crippen LogP contribution in [0, 0.1) is 0 Å². The minimum Gasteiger partial charge on any atom is -0.373 e. The Bertz CT molecular complexity index is 1280. The summed E-state index contributed by atoms with van der Waals surface area (Å²) in [4.78, 5) is 32.2. The summed E-state index contributed by atoms with van der Waals surface area (Å²) in [6, 6.07) is 8.41. The highest BCUT2D eigenvalue weighted by atomic mass is 35.5. The van der Waals surface area contributed by atoms with Gasteiger partial charge in [-0.2, -0.15) is 4.72 Å². The van der Waals surface area contributed by atoms with Crippen molar-refractivity contribution in [3.8, 4) is 0 Å². The Morgan fingerprint density at radius 3 is 2.62 bits per heavy atom. The number of rotatable bonds is 7. The molecule has 3 saturated heterocycles. The van der Waals surface area contributed by atoms with Gasteiger partial charge in [-0.1, -0.05) is 23.7 Å². The van der Waals surface area contributed by atoms with Gasteiger partial charge in [-0.3, -0.25) is 9.59 Å². The molecule has 9 nitrogen and oxygen atoms in total. The summed E-state index contributed by atoms with van der Waals surface area (Å²) in [5.74, 6) is -0.501. The predicted molar refractivity (Wildman–Crippen MR) is 141 cm³/mol. The van der Waals surface area contributed by atoms with Crippen molar-refractivity contribution in [3.05, 3.63) is 41.4 Å². The van der Waals surface area contributed by atoms with E-state index in [2.05, 4.69) is 9.62 Å². The van der Waals surface area contributed by atoms with Gasteiger partial charge in [0.15, 0.2) is 0 Å². The summed E-state index contributed by atoms with van der Waals surface area (Å²) < 4.78 is 34.6. The van der Waals surface area contributed by atoms with Crippen molar-refractivity contribution in [2.45, 2.75) is 49.3 Å². The Kier molecular flexibility index (Phi) is 7.74. The molecule has 11 heteroatoms. The molecule has 1 N–H and O–H groups in total. The first-order valence-corrected chi connectivity index (χ1v) is 14.7. The van der Waals surface area contributed by atoms with E-state index in [1.54, 1.807) is 42.2 Å². The Labute approximate surface area is 222 Å². The number of amides is 2. The summed E-state index contributed by atoms with van der Waals surface area (Å²) >= 11 is 6.02. The second kappa shape index (κ2) is 10.9. The zero-order valence-electron chi connectivity index (χ0n) is 20.9. The van der Waals surface area contributed by atoms with E-state index < -0.39 is 22.1 Å². The monoisotopic (exact) mass is 548 g/mol. The molecular formula is C26H33ClN4O5S. The van der Waals surface area contributed by atoms with Crippen LogP contribution in [0.5, 0.6) is 0 Å². The highest BCUT2D eigenvalue weighted by Gasteiger charge is 2.41. The van der Waals surface area contributed by atoms with E-state index in [1.807, 2.05) is 0 Å². The number of ether oxygens (including phenoxy) is 1. The molecule has 0 radical (unpaired) electrons. The average Bonchev–Trinajstić information content (AvgIpc) is 3.52. The lowest BCUT2D eigenvalue weighted by Gasteiger charge is -2.37. The van der Waals surface area contributed by atoms with E-state index in [-0.39, 0.29) is 22.8 Å². The molecule has 3 aliphatic heterocycles. The van der Waals surface area contributed by atoms with Gasteiger partial charge in [0.05, 0.1) is 17.6 Å². The van der Waals surface area contributed by atoms with Crippen molar-refractivity contribution in [3.63, 3.8) is 0 Å². The Balaban J connectivity index is 1.21. The third kappa shape index (κ3) is 5.78. The normalized spacial score (nSPS) is 24.2. The maximum absolute atomic E-state index is 13.3. The maximum Gasteiger partial charge on any atom is 0.245 e. The molecule has 3 heterocycles. The van der Waals surface area contributed by atoms with Crippen LogP contribution in [-0.2, 0) is 24.3 Å². The van der Waals surface area contributed by atoms with E-state index >= 15 is 0 Å². The van der Waals surface area contributed by atoms with Crippen molar-refractivity contribution in [1.82, 2.24) is 19.4 Å². The standard InChI is InChI=1S/C26H33ClN4O5S/c1-18(25(32)30-12-13-36-22(17-30)16-29-9-2-3-10-29)31-11-8-24(26(31)33)28-37(34,35)23-7-5-19-14-21(27)6-4-20(19)15-23/h4-7,14-15,18,22,24,28H,2-3,8-13,16-17H2,1H3/t18-,22?,24-/m0/s1. The first-order valence-electron chi connectivity index (χ1n) is 12.9. The van der Waals surface area contributed by atoms with Crippen molar-refractivity contribution in [1.29, 1.82) is 0 Å². The predicted octanol–water partition coefficient (Wildman–Crippen LogP) is 2.08. The first kappa shape index (κ1) is 26.4. The van der Waals surface area contributed by atoms with E-state index in [4.69, 9.17) is 16.3 Å². The summed E-state index contributed by atoms with van der Waals surface area (Å²) in [6.07, 6.45) is 2.67. The number of hydrogen-bond acceptors (Lipinski definition) is 6. The largest absolute Gasteiger partial charge is 0.373 e. The Hall–Kier alpha value is -2.24. The van der Waals surface area contributed by atoms with Gasteiger partial charge < -0.3 is 19.4 Å². The summed E-state index contributed by atoms with van der Waals surface area (Å²) in [7, 11) is -3.93. The zero-order chi connectivity index (χ0) is 26.2. The van der Waals surface area contributed by atoms with E-state index in [0.717, 1.165) is 30.4 Å². The lowest BCUT2D eigenvalue weighted by atomic mass is 10.1. The fourth-order valence-corrected chi connectivity index (χ4v) is 6.93. The fourth-order valence-electron chi connectivity index (χ4n) is 5.49. The van der Waals surface area contributed by atoms with Crippen LogP contribution in [-0.4, -0.2) is 99.0 Å². The molecule has 5 rings (SSSR count). The van der Waals surface area contributed by atoms with Gasteiger partial charge >= 0.3 is 0 Å². The molecule has 3 atom stereocenters. The molecule has 3 fully saturated rings. The molecule has 37 heavy (non-hydrogen) atoms. The minimum absolute atomic E-state index is 0.0326. The number of benzene rings is 2. The summed E-state index contributed by atoms with van der Waals surface area (Å²) in [5.41, 5.74) is 0. The highest BCUT2D eigenvalue weighted by Crippen LogP contribution is 2.24. The molecule has 0 spiro atoms. The van der Waals surface area contributed by atoms with E-state index in [9.17, 15) is 18.0 Å². The third-order valence-electron chi connectivity index (χ3n) is 7.56. The van der Waals surface area contributed by atoms with Crippen LogP contribution in [0.2, 0.25) is 5.02 Å². The van der Waals surface area contributed by atoms with Crippen molar-refractivity contribution in [2.24, 2.45) is 0 Å². The number of fused-ring (bicyclic) bond motifs is 1. The van der Waals surface area contributed by atoms with Crippen LogP contribution >= 0.6 is 11.6 Å². The van der Waals surface area contributed by atoms with Gasteiger partial charge in [-0.25, -0.2) is 8.42 Å². The van der Waals surface area contributed by atoms with Gasteiger partial charge in [-0.15, -0.1) is 0 Å². The average molecular weight is 549 g/mol. The Morgan fingerprint density at radius 1 is 1.11 bits per heavy atom. The number of hydrogen-bond donors (Lipinski definition) is 1. The number of halogens is 1. The smallest absolute Gasteiger partial charge is 0.245 e. The van der Waals surface area contributed by atoms with Crippen LogP contribution in [0.4, 0.5) is 0 Å². The number of carbonyl (C=O) groups is 2. The third-order valence-corrected chi connectivity index (χ3v) is 9.26. The molecule has 200 valence electrons. The Morgan fingerprint density at radius 2 is 1.84 bits per heavy atom. The second-order valence-electron chi connectivity index (χ2n) is 10.1. The van der Waals surface area contributed by atoms with Gasteiger partial charge in [0.25, 0.3) is 0 Å². The van der Waals surface area contributed by atoms with Crippen LogP contribution in [0.25, 0.3) is 10.8 Å². The van der Waals surface area contributed by atoms with E-state index in [1.165, 1.54) is 23.8 Å². The van der Waals surface area contributed by atoms with Crippen molar-refractivity contribution < 1.29 is 22.7 Å². The number of carbonyl (C=O) groups excluding carboxylic acids is 2. The lowest BCUT2D eigenvalue weighted by molar-refractivity contribution is -0.148. The topological polar surface area (TPSA) is 99.3 Å². The summed E-state index contributed by atoms with van der Waals surface area (Å²) in [5, 5.41) is 2.13. The van der Waals surface area contributed by atoms with Crippen molar-refractivity contribution >= 4 is 44.2 Å². The number of nitrogens with one attached hydrogen (secondary N) is 1. The number of nitrogens with zero attached hydrogens (tertiary/aromatic N) is 3. The van der Waals surface area contributed by atoms with Gasteiger partial charge in [0.2, 0.25) is 21.8 Å². The number of morpholine rings is 1. The number of sulfonamides is 1. The molecule has 0 bridgehead atoms. The molecule has 2 aromatic carbocycles. The van der Waals surface area contributed by atoms with Crippen LogP contribution < -0.4 is 4.72 Å². The molecule has 0 saturated carbocycles. The highest BCUT2D eigenvalue weighted by molar-refractivity contribution is 7.89. The minimum atomic E-state index is -3.93. The number of likely N-dealkylation sites (tertiary alicyclic amines) is 2. The van der Waals surface area contributed by atoms with Crippen LogP contribution in [0.1, 0.15) is 26.2 Å². The lowest BCUT2D eigenvalue weighted by Crippen LogP contribution is -2.55. The second-order valence-corrected chi connectivity index (χ2v) is 12.3.